The van der Waals surface area contributed by atoms with Gasteiger partial charge in [-0.2, -0.15) is 0 Å². The molecule has 17 rings (SSSR count). The fourth-order valence-corrected chi connectivity index (χ4v) is 13.6. The Morgan fingerprint density at radius 1 is 0.259 bits per heavy atom. The number of para-hydroxylation sites is 4. The predicted octanol–water partition coefficient (Wildman–Crippen LogP) is 23.4. The van der Waals surface area contributed by atoms with Crippen LogP contribution in [0, 0.1) is 34.6 Å². The molecule has 0 atom stereocenters. The second kappa shape index (κ2) is 18.6. The van der Waals surface area contributed by atoms with Gasteiger partial charge in [-0.3, -0.25) is 0 Å². The van der Waals surface area contributed by atoms with Crippen molar-refractivity contribution < 1.29 is 17.7 Å². The average molecular weight is 1100 g/mol. The lowest BCUT2D eigenvalue weighted by Crippen LogP contribution is -2.13. The molecule has 0 bridgehead atoms. The molecule has 6 heteroatoms. The van der Waals surface area contributed by atoms with E-state index in [-0.39, 0.29) is 0 Å². The standard InChI is InChI=1S/C79H54N2O4/c1-45-18-12-14-28-67(45)80(72-47(3)30-36-62-60-26-16-24-58(74(60)84-76(62)72)50-20-8-6-9-21-50)56-34-32-52-41-64-65-38-49(5)71-66-42-53-33-35-57(40-55(53)44-70(66)83-79(71)78(65)82-69(64)43-54(52)39-56)81(68-29-15-13-19-46(68)2)73-48(4)31-37-63-61-27-17-25-59(75(61)85-77(63)73)51-22-10-7-11-23-51/h6-44H,1-5H3. The number of aryl methyl sites for hydroxylation is 5. The minimum Gasteiger partial charge on any atom is -0.453 e. The molecule has 6 nitrogen and oxygen atoms in total. The minimum atomic E-state index is 0.742. The largest absolute Gasteiger partial charge is 0.453 e. The van der Waals surface area contributed by atoms with Crippen molar-refractivity contribution in [1.29, 1.82) is 0 Å². The van der Waals surface area contributed by atoms with Gasteiger partial charge >= 0.3 is 0 Å². The lowest BCUT2D eigenvalue weighted by atomic mass is 9.99. The Kier molecular flexibility index (Phi) is 10.7. The van der Waals surface area contributed by atoms with Crippen LogP contribution in [0.15, 0.2) is 254 Å². The second-order valence-corrected chi connectivity index (χ2v) is 23.0. The number of fused-ring (bicyclic) bond motifs is 15. The molecule has 4 heterocycles. The first-order valence-electron chi connectivity index (χ1n) is 29.1. The normalized spacial score (nSPS) is 12.1. The highest BCUT2D eigenvalue weighted by molar-refractivity contribution is 6.23. The number of hydrogen-bond acceptors (Lipinski definition) is 6. The summed E-state index contributed by atoms with van der Waals surface area (Å²) >= 11 is 0. The van der Waals surface area contributed by atoms with Gasteiger partial charge in [0.15, 0.2) is 22.3 Å². The van der Waals surface area contributed by atoms with Crippen LogP contribution in [0.2, 0.25) is 0 Å². The smallest absolute Gasteiger partial charge is 0.178 e. The summed E-state index contributed by atoms with van der Waals surface area (Å²) < 4.78 is 28.3. The maximum Gasteiger partial charge on any atom is 0.178 e. The number of hydrogen-bond donors (Lipinski definition) is 0. The third kappa shape index (κ3) is 7.44. The molecule has 0 N–H and O–H groups in total. The van der Waals surface area contributed by atoms with Crippen LogP contribution in [-0.4, -0.2) is 0 Å². The zero-order chi connectivity index (χ0) is 56.8. The fourth-order valence-electron chi connectivity index (χ4n) is 13.6. The molecule has 0 saturated heterocycles. The fraction of sp³-hybridized carbons (Fsp3) is 0.0633. The zero-order valence-corrected chi connectivity index (χ0v) is 47.5. The maximum absolute atomic E-state index is 7.10. The Bertz CT molecular complexity index is 5620. The van der Waals surface area contributed by atoms with Crippen LogP contribution in [0.3, 0.4) is 0 Å². The molecule has 13 aromatic carbocycles. The highest BCUT2D eigenvalue weighted by Crippen LogP contribution is 2.51. The van der Waals surface area contributed by atoms with Gasteiger partial charge in [0.1, 0.15) is 22.3 Å². The molecule has 0 aliphatic rings. The van der Waals surface area contributed by atoms with E-state index in [0.717, 1.165) is 193 Å². The molecule has 0 saturated carbocycles. The first kappa shape index (κ1) is 48.8. The number of anilines is 6. The summed E-state index contributed by atoms with van der Waals surface area (Å²) in [7, 11) is 0. The third-order valence-electron chi connectivity index (χ3n) is 17.8. The van der Waals surface area contributed by atoms with Gasteiger partial charge in [0.05, 0.1) is 11.4 Å². The van der Waals surface area contributed by atoms with E-state index in [4.69, 9.17) is 17.7 Å². The summed E-state index contributed by atoms with van der Waals surface area (Å²) in [6, 6.07) is 84.7. The molecule has 85 heavy (non-hydrogen) atoms. The van der Waals surface area contributed by atoms with Crippen LogP contribution in [-0.2, 0) is 0 Å². The summed E-state index contributed by atoms with van der Waals surface area (Å²) in [6.07, 6.45) is 0. The van der Waals surface area contributed by atoms with Crippen molar-refractivity contribution in [2.24, 2.45) is 0 Å². The highest BCUT2D eigenvalue weighted by Gasteiger charge is 2.27. The zero-order valence-electron chi connectivity index (χ0n) is 47.5. The predicted molar refractivity (Wildman–Crippen MR) is 354 cm³/mol. The monoisotopic (exact) mass is 1090 g/mol. The number of furan rings is 4. The Morgan fingerprint density at radius 3 is 1.24 bits per heavy atom. The quantitative estimate of drug-likeness (QED) is 0.151. The van der Waals surface area contributed by atoms with E-state index in [1.165, 1.54) is 0 Å². The van der Waals surface area contributed by atoms with E-state index in [1.54, 1.807) is 0 Å². The van der Waals surface area contributed by atoms with Crippen LogP contribution in [0.1, 0.15) is 27.8 Å². The SMILES string of the molecule is Cc1ccccc1N(c1ccc2cc3c(cc2c1)oc1c3cc(C)c2c3cc4ccc(N(c5ccccc5C)c5c(C)ccc6c5oc5c(-c7ccccc7)cccc56)cc4cc3oc12)c1c(C)ccc2c1oc1c(-c3ccccc3)cccc12. The summed E-state index contributed by atoms with van der Waals surface area (Å²) in [6.45, 7) is 10.9. The van der Waals surface area contributed by atoms with Crippen molar-refractivity contribution in [2.75, 3.05) is 9.80 Å². The van der Waals surface area contributed by atoms with E-state index in [0.29, 0.717) is 0 Å². The highest BCUT2D eigenvalue weighted by atomic mass is 16.4. The van der Waals surface area contributed by atoms with Gasteiger partial charge in [0, 0.05) is 77.0 Å². The summed E-state index contributed by atoms with van der Waals surface area (Å²) in [5.41, 5.74) is 22.8. The molecule has 0 fully saturated rings. The summed E-state index contributed by atoms with van der Waals surface area (Å²) in [5, 5.41) is 12.9. The van der Waals surface area contributed by atoms with Crippen molar-refractivity contribution in [3.63, 3.8) is 0 Å². The van der Waals surface area contributed by atoms with E-state index in [2.05, 4.69) is 281 Å². The van der Waals surface area contributed by atoms with Gasteiger partial charge < -0.3 is 27.5 Å². The summed E-state index contributed by atoms with van der Waals surface area (Å²) in [5.74, 6) is 0. The molecule has 0 amide bonds. The number of benzene rings is 13. The van der Waals surface area contributed by atoms with Gasteiger partial charge in [0.25, 0.3) is 0 Å². The van der Waals surface area contributed by atoms with E-state index in [9.17, 15) is 0 Å². The minimum absolute atomic E-state index is 0.742. The van der Waals surface area contributed by atoms with E-state index in [1.807, 2.05) is 0 Å². The molecular formula is C79H54N2O4. The second-order valence-electron chi connectivity index (χ2n) is 23.0. The van der Waals surface area contributed by atoms with Crippen LogP contribution < -0.4 is 9.80 Å². The summed E-state index contributed by atoms with van der Waals surface area (Å²) in [4.78, 5) is 4.75. The Labute approximate surface area is 489 Å². The Morgan fingerprint density at radius 2 is 0.718 bits per heavy atom. The van der Waals surface area contributed by atoms with E-state index >= 15 is 0 Å². The first-order chi connectivity index (χ1) is 41.7. The van der Waals surface area contributed by atoms with Crippen LogP contribution >= 0.6 is 0 Å². The van der Waals surface area contributed by atoms with Gasteiger partial charge in [-0.15, -0.1) is 0 Å². The van der Waals surface area contributed by atoms with Gasteiger partial charge in [-0.25, -0.2) is 0 Å². The molecule has 0 spiro atoms. The van der Waals surface area contributed by atoms with Crippen LogP contribution in [0.5, 0.6) is 0 Å². The number of rotatable bonds is 8. The van der Waals surface area contributed by atoms with Gasteiger partial charge in [-0.05, 0) is 162 Å². The van der Waals surface area contributed by atoms with Crippen molar-refractivity contribution in [1.82, 2.24) is 0 Å². The lowest BCUT2D eigenvalue weighted by Gasteiger charge is -2.28. The van der Waals surface area contributed by atoms with Crippen molar-refractivity contribution in [2.45, 2.75) is 34.6 Å². The molecule has 0 radical (unpaired) electrons. The Hall–Kier alpha value is -10.8. The van der Waals surface area contributed by atoms with Crippen LogP contribution in [0.4, 0.5) is 34.1 Å². The molecule has 404 valence electrons. The molecule has 4 aromatic heterocycles. The van der Waals surface area contributed by atoms with Crippen molar-refractivity contribution in [3.05, 3.63) is 264 Å². The third-order valence-corrected chi connectivity index (χ3v) is 17.8. The number of nitrogens with zero attached hydrogens (tertiary/aromatic N) is 2. The van der Waals surface area contributed by atoms with E-state index < -0.39 is 0 Å². The lowest BCUT2D eigenvalue weighted by molar-refractivity contribution is 0.633. The van der Waals surface area contributed by atoms with Gasteiger partial charge in [0.2, 0.25) is 0 Å². The maximum atomic E-state index is 7.10. The average Bonchev–Trinajstić information content (AvgIpc) is 2.05. The van der Waals surface area contributed by atoms with Gasteiger partial charge in [-0.1, -0.05) is 170 Å². The topological polar surface area (TPSA) is 59.0 Å². The molecular weight excluding hydrogens is 1040 g/mol. The first-order valence-corrected chi connectivity index (χ1v) is 29.1. The van der Waals surface area contributed by atoms with Crippen molar-refractivity contribution in [3.8, 4) is 22.3 Å². The molecule has 0 unspecified atom stereocenters. The molecule has 0 aliphatic heterocycles. The van der Waals surface area contributed by atoms with Crippen molar-refractivity contribution >= 4 is 143 Å². The Balaban J connectivity index is 0.801. The molecule has 17 aromatic rings. The van der Waals surface area contributed by atoms with Crippen LogP contribution in [0.25, 0.3) is 132 Å². The molecule has 0 aliphatic carbocycles.